The molecule has 0 radical (unpaired) electrons. The molecule has 7 nitrogen and oxygen atoms in total. The van der Waals surface area contributed by atoms with E-state index >= 15 is 0 Å². The Morgan fingerprint density at radius 1 is 1.29 bits per heavy atom. The van der Waals surface area contributed by atoms with Crippen LogP contribution in [0.2, 0.25) is 0 Å². The number of non-ortho nitro benzene ring substituents is 1. The van der Waals surface area contributed by atoms with Crippen LogP contribution < -0.4 is 9.64 Å². The average Bonchev–Trinajstić information content (AvgIpc) is 2.59. The van der Waals surface area contributed by atoms with Gasteiger partial charge >= 0.3 is 0 Å². The van der Waals surface area contributed by atoms with E-state index in [1.807, 2.05) is 0 Å². The van der Waals surface area contributed by atoms with Crippen molar-refractivity contribution < 1.29 is 19.2 Å². The van der Waals surface area contributed by atoms with E-state index in [-0.39, 0.29) is 18.2 Å². The lowest BCUT2D eigenvalue weighted by molar-refractivity contribution is -0.384. The molecule has 0 fully saturated rings. The number of nitro benzene ring substituents is 1. The second-order valence-corrected chi connectivity index (χ2v) is 5.73. The largest absolute Gasteiger partial charge is 0.483 e. The number of benzene rings is 2. The number of aldehydes is 1. The molecule has 0 aliphatic heterocycles. The smallest absolute Gasteiger partial charge is 0.269 e. The summed E-state index contributed by atoms with van der Waals surface area (Å²) in [5.41, 5.74) is 0.775. The molecule has 2 rings (SSSR count). The Morgan fingerprint density at radius 2 is 1.96 bits per heavy atom. The number of anilines is 1. The zero-order valence-corrected chi connectivity index (χ0v) is 14.2. The summed E-state index contributed by atoms with van der Waals surface area (Å²) >= 11 is 3.25. The quantitative estimate of drug-likeness (QED) is 0.427. The van der Waals surface area contributed by atoms with Crippen molar-refractivity contribution in [3.63, 3.8) is 0 Å². The van der Waals surface area contributed by atoms with Gasteiger partial charge in [0.1, 0.15) is 5.75 Å². The number of halogens is 1. The monoisotopic (exact) mass is 392 g/mol. The standard InChI is InChI=1S/C16H13BrN2O5/c1-18(13-3-5-14(6-4-13)19(22)23)16(21)10-24-15-7-2-12(17)8-11(15)9-20/h2-9H,10H2,1H3. The second kappa shape index (κ2) is 7.69. The summed E-state index contributed by atoms with van der Waals surface area (Å²) in [5.74, 6) is -0.0535. The lowest BCUT2D eigenvalue weighted by atomic mass is 10.2. The number of nitro groups is 1. The van der Waals surface area contributed by atoms with Gasteiger partial charge in [0.05, 0.1) is 10.5 Å². The first-order valence-corrected chi connectivity index (χ1v) is 7.60. The minimum atomic E-state index is -0.511. The van der Waals surface area contributed by atoms with Gasteiger partial charge in [-0.2, -0.15) is 0 Å². The molecule has 0 N–H and O–H groups in total. The fourth-order valence-corrected chi connectivity index (χ4v) is 2.30. The molecule has 0 unspecified atom stereocenters. The van der Waals surface area contributed by atoms with Gasteiger partial charge in [-0.25, -0.2) is 0 Å². The number of amides is 1. The van der Waals surface area contributed by atoms with Gasteiger partial charge in [0.2, 0.25) is 0 Å². The highest BCUT2D eigenvalue weighted by Gasteiger charge is 2.14. The Morgan fingerprint density at radius 3 is 2.54 bits per heavy atom. The zero-order chi connectivity index (χ0) is 17.7. The van der Waals surface area contributed by atoms with Crippen LogP contribution in [0.3, 0.4) is 0 Å². The third kappa shape index (κ3) is 4.17. The molecule has 8 heteroatoms. The van der Waals surface area contributed by atoms with Gasteiger partial charge < -0.3 is 9.64 Å². The van der Waals surface area contributed by atoms with E-state index in [2.05, 4.69) is 15.9 Å². The first kappa shape index (κ1) is 17.6. The summed E-state index contributed by atoms with van der Waals surface area (Å²) in [6.07, 6.45) is 0.643. The van der Waals surface area contributed by atoms with E-state index < -0.39 is 4.92 Å². The van der Waals surface area contributed by atoms with Crippen molar-refractivity contribution in [1.29, 1.82) is 0 Å². The summed E-state index contributed by atoms with van der Waals surface area (Å²) in [6.45, 7) is -0.268. The molecule has 0 aliphatic rings. The lowest BCUT2D eigenvalue weighted by Gasteiger charge is -2.18. The highest BCUT2D eigenvalue weighted by molar-refractivity contribution is 9.10. The van der Waals surface area contributed by atoms with Crippen molar-refractivity contribution in [1.82, 2.24) is 0 Å². The van der Waals surface area contributed by atoms with E-state index in [0.29, 0.717) is 23.3 Å². The van der Waals surface area contributed by atoms with E-state index in [1.165, 1.54) is 36.2 Å². The third-order valence-electron chi connectivity index (χ3n) is 3.27. The molecule has 2 aromatic carbocycles. The molecule has 24 heavy (non-hydrogen) atoms. The minimum absolute atomic E-state index is 0.0543. The van der Waals surface area contributed by atoms with Gasteiger partial charge in [-0.3, -0.25) is 19.7 Å². The van der Waals surface area contributed by atoms with Crippen molar-refractivity contribution in [3.8, 4) is 5.75 Å². The molecule has 2 aromatic rings. The summed E-state index contributed by atoms with van der Waals surface area (Å²) in [5, 5.41) is 10.6. The number of carbonyl (C=O) groups is 2. The maximum absolute atomic E-state index is 12.2. The molecular weight excluding hydrogens is 380 g/mol. The number of likely N-dealkylation sites (N-methyl/N-ethyl adjacent to an activating group) is 1. The van der Waals surface area contributed by atoms with E-state index in [1.54, 1.807) is 18.2 Å². The number of carbonyl (C=O) groups excluding carboxylic acids is 2. The maximum Gasteiger partial charge on any atom is 0.269 e. The van der Waals surface area contributed by atoms with E-state index in [4.69, 9.17) is 4.74 Å². The van der Waals surface area contributed by atoms with Crippen LogP contribution in [0.25, 0.3) is 0 Å². The Bertz CT molecular complexity index is 777. The molecular formula is C16H13BrN2O5. The van der Waals surface area contributed by atoms with Gasteiger partial charge in [-0.05, 0) is 30.3 Å². The third-order valence-corrected chi connectivity index (χ3v) is 3.77. The van der Waals surface area contributed by atoms with Gasteiger partial charge in [0.25, 0.3) is 11.6 Å². The first-order valence-electron chi connectivity index (χ1n) is 6.81. The molecule has 0 saturated carbocycles. The SMILES string of the molecule is CN(C(=O)COc1ccc(Br)cc1C=O)c1ccc([N+](=O)[O-])cc1. The fourth-order valence-electron chi connectivity index (χ4n) is 1.92. The highest BCUT2D eigenvalue weighted by atomic mass is 79.9. The molecule has 0 atom stereocenters. The van der Waals surface area contributed by atoms with Crippen LogP contribution in [0.5, 0.6) is 5.75 Å². The molecule has 1 amide bonds. The maximum atomic E-state index is 12.2. The number of hydrogen-bond donors (Lipinski definition) is 0. The van der Waals surface area contributed by atoms with Crippen LogP contribution in [0.4, 0.5) is 11.4 Å². The summed E-state index contributed by atoms with van der Waals surface area (Å²) in [4.78, 5) is 34.6. The molecule has 0 aromatic heterocycles. The van der Waals surface area contributed by atoms with Gasteiger partial charge in [-0.1, -0.05) is 15.9 Å². The molecule has 0 saturated heterocycles. The topological polar surface area (TPSA) is 89.8 Å². The Balaban J connectivity index is 2.04. The first-order chi connectivity index (χ1) is 11.4. The van der Waals surface area contributed by atoms with Gasteiger partial charge in [0.15, 0.2) is 12.9 Å². The van der Waals surface area contributed by atoms with Gasteiger partial charge in [-0.15, -0.1) is 0 Å². The van der Waals surface area contributed by atoms with Crippen LogP contribution in [0.1, 0.15) is 10.4 Å². The fraction of sp³-hybridized carbons (Fsp3) is 0.125. The zero-order valence-electron chi connectivity index (χ0n) is 12.6. The average molecular weight is 393 g/mol. The Hall–Kier alpha value is -2.74. The van der Waals surface area contributed by atoms with Crippen LogP contribution in [0.15, 0.2) is 46.9 Å². The molecule has 124 valence electrons. The van der Waals surface area contributed by atoms with E-state index in [9.17, 15) is 19.7 Å². The number of nitrogens with zero attached hydrogens (tertiary/aromatic N) is 2. The Kier molecular flexibility index (Phi) is 5.64. The molecule has 0 bridgehead atoms. The molecule has 0 heterocycles. The van der Waals surface area contributed by atoms with Crippen molar-refractivity contribution in [3.05, 3.63) is 62.6 Å². The number of hydrogen-bond acceptors (Lipinski definition) is 5. The lowest BCUT2D eigenvalue weighted by Crippen LogP contribution is -2.31. The van der Waals surface area contributed by atoms with Crippen LogP contribution >= 0.6 is 15.9 Å². The van der Waals surface area contributed by atoms with Crippen molar-refractivity contribution in [2.45, 2.75) is 0 Å². The minimum Gasteiger partial charge on any atom is -0.483 e. The van der Waals surface area contributed by atoms with Gasteiger partial charge in [0, 0.05) is 29.3 Å². The van der Waals surface area contributed by atoms with Crippen LogP contribution in [-0.4, -0.2) is 30.8 Å². The predicted octanol–water partition coefficient (Wildman–Crippen LogP) is 3.21. The van der Waals surface area contributed by atoms with Crippen molar-refractivity contribution >= 4 is 39.5 Å². The second-order valence-electron chi connectivity index (χ2n) is 4.81. The molecule has 0 aliphatic carbocycles. The van der Waals surface area contributed by atoms with E-state index in [0.717, 1.165) is 4.47 Å². The van der Waals surface area contributed by atoms with Crippen molar-refractivity contribution in [2.75, 3.05) is 18.6 Å². The van der Waals surface area contributed by atoms with Crippen molar-refractivity contribution in [2.24, 2.45) is 0 Å². The summed E-state index contributed by atoms with van der Waals surface area (Å²) in [6, 6.07) is 10.5. The van der Waals surface area contributed by atoms with Crippen LogP contribution in [-0.2, 0) is 4.79 Å². The number of ether oxygens (including phenoxy) is 1. The predicted molar refractivity (Wildman–Crippen MR) is 91.5 cm³/mol. The molecule has 0 spiro atoms. The summed E-state index contributed by atoms with van der Waals surface area (Å²) < 4.78 is 6.13. The Labute approximate surface area is 146 Å². The normalized spacial score (nSPS) is 10.1. The number of rotatable bonds is 6. The highest BCUT2D eigenvalue weighted by Crippen LogP contribution is 2.22. The van der Waals surface area contributed by atoms with Crippen LogP contribution in [0, 0.1) is 10.1 Å². The summed E-state index contributed by atoms with van der Waals surface area (Å²) in [7, 11) is 1.54.